The van der Waals surface area contributed by atoms with Gasteiger partial charge in [0, 0.05) is 18.0 Å². The highest BCUT2D eigenvalue weighted by molar-refractivity contribution is 5.18. The summed E-state index contributed by atoms with van der Waals surface area (Å²) in [7, 11) is 0. The van der Waals surface area contributed by atoms with Gasteiger partial charge in [-0.05, 0) is 20.0 Å². The molecule has 0 saturated carbocycles. The molecule has 1 aromatic heterocycles. The number of hydrogen-bond acceptors (Lipinski definition) is 4. The van der Waals surface area contributed by atoms with Crippen LogP contribution in [0.25, 0.3) is 0 Å². The average Bonchev–Trinajstić information content (AvgIpc) is 2.27. The highest BCUT2D eigenvalue weighted by atomic mass is 15.1. The number of aromatic nitrogens is 2. The molecule has 1 heterocycles. The molecule has 1 aromatic rings. The highest BCUT2D eigenvalue weighted by Crippen LogP contribution is 2.17. The van der Waals surface area contributed by atoms with Gasteiger partial charge in [-0.25, -0.2) is 9.97 Å². The molecule has 0 radical (unpaired) electrons. The molecule has 0 saturated heterocycles. The lowest BCUT2D eigenvalue weighted by atomic mass is 10.1. The van der Waals surface area contributed by atoms with Crippen LogP contribution >= 0.6 is 0 Å². The first-order valence-corrected chi connectivity index (χ1v) is 5.15. The summed E-state index contributed by atoms with van der Waals surface area (Å²) in [5, 5.41) is 9.13. The van der Waals surface area contributed by atoms with Gasteiger partial charge in [-0.1, -0.05) is 13.8 Å². The van der Waals surface area contributed by atoms with Crippen LogP contribution in [0.3, 0.4) is 0 Å². The van der Waals surface area contributed by atoms with Crippen LogP contribution < -0.4 is 0 Å². The van der Waals surface area contributed by atoms with E-state index in [1.165, 1.54) is 0 Å². The molecule has 1 atom stereocenters. The van der Waals surface area contributed by atoms with Crippen molar-refractivity contribution in [1.82, 2.24) is 14.9 Å². The third-order valence-corrected chi connectivity index (χ3v) is 2.42. The van der Waals surface area contributed by atoms with Crippen LogP contribution in [-0.2, 0) is 0 Å². The third-order valence-electron chi connectivity index (χ3n) is 2.42. The first kappa shape index (κ1) is 11.6. The van der Waals surface area contributed by atoms with E-state index in [1.807, 2.05) is 20.8 Å². The molecule has 0 fully saturated rings. The van der Waals surface area contributed by atoms with E-state index in [-0.39, 0.29) is 6.04 Å². The molecule has 4 nitrogen and oxygen atoms in total. The molecular formula is C11H16N4. The highest BCUT2D eigenvalue weighted by Gasteiger charge is 2.17. The molecule has 80 valence electrons. The largest absolute Gasteiger partial charge is 0.285 e. The van der Waals surface area contributed by atoms with E-state index >= 15 is 0 Å². The molecule has 0 N–H and O–H groups in total. The van der Waals surface area contributed by atoms with E-state index in [9.17, 15) is 0 Å². The lowest BCUT2D eigenvalue weighted by molar-refractivity contribution is 0.261. The molecule has 0 aliphatic heterocycles. The van der Waals surface area contributed by atoms with Crippen LogP contribution in [-0.4, -0.2) is 28.0 Å². The molecule has 15 heavy (non-hydrogen) atoms. The summed E-state index contributed by atoms with van der Waals surface area (Å²) in [6.07, 6.45) is 3.46. The minimum absolute atomic E-state index is 0.236. The van der Waals surface area contributed by atoms with Crippen molar-refractivity contribution in [3.63, 3.8) is 0 Å². The second-order valence-electron chi connectivity index (χ2n) is 3.32. The Bertz CT molecular complexity index is 335. The molecule has 0 amide bonds. The zero-order chi connectivity index (χ0) is 11.3. The Morgan fingerprint density at radius 3 is 2.27 bits per heavy atom. The van der Waals surface area contributed by atoms with Crippen molar-refractivity contribution < 1.29 is 0 Å². The van der Waals surface area contributed by atoms with Gasteiger partial charge in [0.2, 0.25) is 0 Å². The van der Waals surface area contributed by atoms with Crippen molar-refractivity contribution >= 4 is 0 Å². The van der Waals surface area contributed by atoms with Crippen LogP contribution in [0.4, 0.5) is 0 Å². The summed E-state index contributed by atoms with van der Waals surface area (Å²) in [5.74, 6) is 0.731. The monoisotopic (exact) mass is 204 g/mol. The van der Waals surface area contributed by atoms with E-state index in [0.29, 0.717) is 0 Å². The molecule has 1 unspecified atom stereocenters. The Morgan fingerprint density at radius 1 is 1.33 bits per heavy atom. The Balaban J connectivity index is 2.92. The summed E-state index contributed by atoms with van der Waals surface area (Å²) >= 11 is 0. The standard InChI is InChI=1S/C11H16N4/c1-4-15(5-2)11(6-12)10-7-13-9(3)14-8-10/h7-8,11H,4-5H2,1-3H3. The second-order valence-corrected chi connectivity index (χ2v) is 3.32. The van der Waals surface area contributed by atoms with E-state index in [0.717, 1.165) is 24.5 Å². The van der Waals surface area contributed by atoms with Crippen molar-refractivity contribution in [3.8, 4) is 6.07 Å². The maximum Gasteiger partial charge on any atom is 0.126 e. The molecule has 0 aliphatic rings. The molecule has 1 rings (SSSR count). The van der Waals surface area contributed by atoms with Crippen molar-refractivity contribution in [2.75, 3.05) is 13.1 Å². The fourth-order valence-corrected chi connectivity index (χ4v) is 1.50. The number of nitrogens with zero attached hydrogens (tertiary/aromatic N) is 4. The number of aryl methyl sites for hydroxylation is 1. The van der Waals surface area contributed by atoms with Crippen molar-refractivity contribution in [2.45, 2.75) is 26.8 Å². The maximum atomic E-state index is 9.13. The fraction of sp³-hybridized carbons (Fsp3) is 0.545. The topological polar surface area (TPSA) is 52.8 Å². The fourth-order valence-electron chi connectivity index (χ4n) is 1.50. The van der Waals surface area contributed by atoms with Crippen molar-refractivity contribution in [2.24, 2.45) is 0 Å². The Labute approximate surface area is 90.6 Å². The predicted octanol–water partition coefficient (Wildman–Crippen LogP) is 1.69. The maximum absolute atomic E-state index is 9.13. The Kier molecular flexibility index (Phi) is 4.19. The average molecular weight is 204 g/mol. The lowest BCUT2D eigenvalue weighted by Gasteiger charge is -2.23. The first-order valence-electron chi connectivity index (χ1n) is 5.15. The van der Waals surface area contributed by atoms with Gasteiger partial charge in [-0.2, -0.15) is 5.26 Å². The van der Waals surface area contributed by atoms with E-state index in [1.54, 1.807) is 12.4 Å². The molecule has 4 heteroatoms. The summed E-state index contributed by atoms with van der Waals surface area (Å²) in [5.41, 5.74) is 0.867. The van der Waals surface area contributed by atoms with Crippen LogP contribution in [0, 0.1) is 18.3 Å². The predicted molar refractivity (Wildman–Crippen MR) is 58.0 cm³/mol. The molecule has 0 spiro atoms. The van der Waals surface area contributed by atoms with E-state index in [4.69, 9.17) is 5.26 Å². The molecule has 0 aliphatic carbocycles. The zero-order valence-electron chi connectivity index (χ0n) is 9.44. The van der Waals surface area contributed by atoms with Gasteiger partial charge in [-0.3, -0.25) is 4.90 Å². The van der Waals surface area contributed by atoms with Crippen LogP contribution in [0.1, 0.15) is 31.3 Å². The van der Waals surface area contributed by atoms with Crippen LogP contribution in [0.5, 0.6) is 0 Å². The van der Waals surface area contributed by atoms with E-state index < -0.39 is 0 Å². The summed E-state index contributed by atoms with van der Waals surface area (Å²) < 4.78 is 0. The van der Waals surface area contributed by atoms with Crippen molar-refractivity contribution in [1.29, 1.82) is 5.26 Å². The third kappa shape index (κ3) is 2.74. The zero-order valence-corrected chi connectivity index (χ0v) is 9.44. The number of hydrogen-bond donors (Lipinski definition) is 0. The minimum Gasteiger partial charge on any atom is -0.285 e. The normalized spacial score (nSPS) is 12.5. The van der Waals surface area contributed by atoms with E-state index in [2.05, 4.69) is 20.9 Å². The lowest BCUT2D eigenvalue weighted by Crippen LogP contribution is -2.27. The van der Waals surface area contributed by atoms with Gasteiger partial charge in [0.15, 0.2) is 0 Å². The minimum atomic E-state index is -0.236. The summed E-state index contributed by atoms with van der Waals surface area (Å²) in [6.45, 7) is 7.62. The number of rotatable bonds is 4. The van der Waals surface area contributed by atoms with Gasteiger partial charge in [0.05, 0.1) is 6.07 Å². The van der Waals surface area contributed by atoms with Gasteiger partial charge in [0.25, 0.3) is 0 Å². The molecule has 0 aromatic carbocycles. The smallest absolute Gasteiger partial charge is 0.126 e. The summed E-state index contributed by atoms with van der Waals surface area (Å²) in [6, 6.07) is 2.05. The van der Waals surface area contributed by atoms with Gasteiger partial charge in [-0.15, -0.1) is 0 Å². The molecule has 0 bridgehead atoms. The quantitative estimate of drug-likeness (QED) is 0.749. The number of nitriles is 1. The molecular weight excluding hydrogens is 188 g/mol. The second kappa shape index (κ2) is 5.42. The van der Waals surface area contributed by atoms with Crippen molar-refractivity contribution in [3.05, 3.63) is 23.8 Å². The van der Waals surface area contributed by atoms with Gasteiger partial charge >= 0.3 is 0 Å². The Morgan fingerprint density at radius 2 is 1.87 bits per heavy atom. The summed E-state index contributed by atoms with van der Waals surface area (Å²) in [4.78, 5) is 10.3. The first-order chi connectivity index (χ1) is 7.22. The van der Waals surface area contributed by atoms with Gasteiger partial charge in [0.1, 0.15) is 11.9 Å². The van der Waals surface area contributed by atoms with Gasteiger partial charge < -0.3 is 0 Å². The Hall–Kier alpha value is -1.47. The van der Waals surface area contributed by atoms with Crippen LogP contribution in [0.2, 0.25) is 0 Å². The van der Waals surface area contributed by atoms with Crippen LogP contribution in [0.15, 0.2) is 12.4 Å². The SMILES string of the molecule is CCN(CC)C(C#N)c1cnc(C)nc1.